The second-order valence-electron chi connectivity index (χ2n) is 3.73. The first kappa shape index (κ1) is 9.06. The standard InChI is InChI=1S/C11H12O3/c1-6-3-4-8-7(2)5-9(12)14-11(8)10(6)13/h3-4,7,13H,5H2,1-2H3. The first-order chi connectivity index (χ1) is 6.59. The Labute approximate surface area is 82.3 Å². The fraction of sp³-hybridized carbons (Fsp3) is 0.364. The minimum atomic E-state index is -0.272. The summed E-state index contributed by atoms with van der Waals surface area (Å²) in [5.74, 6) is 0.278. The molecule has 0 radical (unpaired) electrons. The van der Waals surface area contributed by atoms with Gasteiger partial charge in [0.1, 0.15) is 0 Å². The van der Waals surface area contributed by atoms with Gasteiger partial charge in [0.15, 0.2) is 11.5 Å². The summed E-state index contributed by atoms with van der Waals surface area (Å²) in [6.45, 7) is 3.73. The molecule has 1 aromatic rings. The van der Waals surface area contributed by atoms with E-state index in [-0.39, 0.29) is 17.6 Å². The highest BCUT2D eigenvalue weighted by Gasteiger charge is 2.26. The first-order valence-corrected chi connectivity index (χ1v) is 4.62. The molecule has 3 nitrogen and oxygen atoms in total. The molecule has 1 atom stereocenters. The van der Waals surface area contributed by atoms with Crippen LogP contribution in [0.1, 0.15) is 30.4 Å². The number of hydrogen-bond acceptors (Lipinski definition) is 3. The van der Waals surface area contributed by atoms with Gasteiger partial charge in [-0.2, -0.15) is 0 Å². The molecule has 3 heteroatoms. The summed E-state index contributed by atoms with van der Waals surface area (Å²) in [6.07, 6.45) is 0.384. The van der Waals surface area contributed by atoms with Crippen LogP contribution in [0, 0.1) is 6.92 Å². The molecule has 0 saturated heterocycles. The van der Waals surface area contributed by atoms with Gasteiger partial charge >= 0.3 is 5.97 Å². The van der Waals surface area contributed by atoms with Gasteiger partial charge in [0.05, 0.1) is 6.42 Å². The second kappa shape index (κ2) is 3.01. The van der Waals surface area contributed by atoms with Crippen LogP contribution in [0.15, 0.2) is 12.1 Å². The van der Waals surface area contributed by atoms with E-state index in [1.54, 1.807) is 6.92 Å². The largest absolute Gasteiger partial charge is 0.504 e. The molecular weight excluding hydrogens is 180 g/mol. The van der Waals surface area contributed by atoms with E-state index in [1.807, 2.05) is 19.1 Å². The van der Waals surface area contributed by atoms with Gasteiger partial charge in [-0.25, -0.2) is 0 Å². The average Bonchev–Trinajstić information content (AvgIpc) is 2.12. The molecule has 1 heterocycles. The Kier molecular flexibility index (Phi) is 1.95. The number of hydrogen-bond donors (Lipinski definition) is 1. The number of carbonyl (C=O) groups excluding carboxylic acids is 1. The van der Waals surface area contributed by atoms with Gasteiger partial charge in [-0.1, -0.05) is 19.1 Å². The van der Waals surface area contributed by atoms with Gasteiger partial charge < -0.3 is 9.84 Å². The molecule has 0 spiro atoms. The van der Waals surface area contributed by atoms with Crippen LogP contribution < -0.4 is 4.74 Å². The monoisotopic (exact) mass is 192 g/mol. The molecule has 74 valence electrons. The fourth-order valence-electron chi connectivity index (χ4n) is 1.70. The van der Waals surface area contributed by atoms with Crippen molar-refractivity contribution in [2.24, 2.45) is 0 Å². The van der Waals surface area contributed by atoms with E-state index in [0.29, 0.717) is 12.2 Å². The lowest BCUT2D eigenvalue weighted by atomic mass is 9.93. The van der Waals surface area contributed by atoms with Crippen LogP contribution in [0.2, 0.25) is 0 Å². The van der Waals surface area contributed by atoms with Crippen molar-refractivity contribution in [2.45, 2.75) is 26.2 Å². The summed E-state index contributed by atoms with van der Waals surface area (Å²) in [7, 11) is 0. The molecule has 0 fully saturated rings. The molecule has 0 amide bonds. The number of phenols is 1. The molecule has 1 unspecified atom stereocenters. The summed E-state index contributed by atoms with van der Waals surface area (Å²) in [4.78, 5) is 11.2. The Hall–Kier alpha value is -1.51. The number of carbonyl (C=O) groups is 1. The number of phenolic OH excluding ortho intramolecular Hbond substituents is 1. The number of fused-ring (bicyclic) bond motifs is 1. The highest BCUT2D eigenvalue weighted by molar-refractivity contribution is 5.78. The maximum atomic E-state index is 11.2. The van der Waals surface area contributed by atoms with E-state index in [4.69, 9.17) is 4.74 Å². The second-order valence-corrected chi connectivity index (χ2v) is 3.73. The number of benzene rings is 1. The van der Waals surface area contributed by atoms with Crippen molar-refractivity contribution in [3.63, 3.8) is 0 Å². The highest BCUT2D eigenvalue weighted by Crippen LogP contribution is 2.41. The van der Waals surface area contributed by atoms with Crippen LogP contribution in [-0.2, 0) is 4.79 Å². The van der Waals surface area contributed by atoms with Crippen molar-refractivity contribution < 1.29 is 14.6 Å². The number of aromatic hydroxyl groups is 1. The van der Waals surface area contributed by atoms with Crippen LogP contribution in [-0.4, -0.2) is 11.1 Å². The summed E-state index contributed by atoms with van der Waals surface area (Å²) in [6, 6.07) is 3.74. The van der Waals surface area contributed by atoms with E-state index in [9.17, 15) is 9.90 Å². The van der Waals surface area contributed by atoms with Gasteiger partial charge in [-0.15, -0.1) is 0 Å². The molecule has 0 saturated carbocycles. The summed E-state index contributed by atoms with van der Waals surface area (Å²) >= 11 is 0. The summed E-state index contributed by atoms with van der Waals surface area (Å²) in [5.41, 5.74) is 1.64. The SMILES string of the molecule is Cc1ccc2c(c1O)OC(=O)CC2C. The van der Waals surface area contributed by atoms with Gasteiger partial charge in [0.25, 0.3) is 0 Å². The maximum absolute atomic E-state index is 11.2. The third-order valence-corrected chi connectivity index (χ3v) is 2.58. The fourth-order valence-corrected chi connectivity index (χ4v) is 1.70. The Bertz CT molecular complexity index is 396. The van der Waals surface area contributed by atoms with E-state index in [1.165, 1.54) is 0 Å². The van der Waals surface area contributed by atoms with Crippen molar-refractivity contribution in [1.82, 2.24) is 0 Å². The maximum Gasteiger partial charge on any atom is 0.311 e. The van der Waals surface area contributed by atoms with Crippen LogP contribution in [0.4, 0.5) is 0 Å². The molecule has 1 aliphatic rings. The molecule has 14 heavy (non-hydrogen) atoms. The number of esters is 1. The van der Waals surface area contributed by atoms with Crippen LogP contribution >= 0.6 is 0 Å². The summed E-state index contributed by atoms with van der Waals surface area (Å²) < 4.78 is 5.02. The predicted molar refractivity (Wildman–Crippen MR) is 51.5 cm³/mol. The van der Waals surface area contributed by atoms with Crippen molar-refractivity contribution in [2.75, 3.05) is 0 Å². The summed E-state index contributed by atoms with van der Waals surface area (Å²) in [5, 5.41) is 9.70. The van der Waals surface area contributed by atoms with Gasteiger partial charge in [0, 0.05) is 5.56 Å². The lowest BCUT2D eigenvalue weighted by Crippen LogP contribution is -2.18. The van der Waals surface area contributed by atoms with Crippen LogP contribution in [0.5, 0.6) is 11.5 Å². The lowest BCUT2D eigenvalue weighted by molar-refractivity contribution is -0.135. The quantitative estimate of drug-likeness (QED) is 0.506. The molecule has 0 aromatic heterocycles. The zero-order valence-corrected chi connectivity index (χ0v) is 8.20. The van der Waals surface area contributed by atoms with Crippen LogP contribution in [0.3, 0.4) is 0 Å². The van der Waals surface area contributed by atoms with E-state index in [0.717, 1.165) is 11.1 Å². The minimum Gasteiger partial charge on any atom is -0.504 e. The van der Waals surface area contributed by atoms with Crippen molar-refractivity contribution in [1.29, 1.82) is 0 Å². The lowest BCUT2D eigenvalue weighted by Gasteiger charge is -2.22. The predicted octanol–water partition coefficient (Wildman–Crippen LogP) is 2.11. The van der Waals surface area contributed by atoms with E-state index in [2.05, 4.69) is 0 Å². The number of aryl methyl sites for hydroxylation is 1. The Morgan fingerprint density at radius 2 is 2.21 bits per heavy atom. The molecule has 0 bridgehead atoms. The molecule has 1 aliphatic heterocycles. The van der Waals surface area contributed by atoms with Crippen LogP contribution in [0.25, 0.3) is 0 Å². The van der Waals surface area contributed by atoms with Crippen molar-refractivity contribution >= 4 is 5.97 Å². The topological polar surface area (TPSA) is 46.5 Å². The Morgan fingerprint density at radius 1 is 1.50 bits per heavy atom. The molecular formula is C11H12O3. The van der Waals surface area contributed by atoms with Gasteiger partial charge in [0.2, 0.25) is 0 Å². The average molecular weight is 192 g/mol. The zero-order valence-electron chi connectivity index (χ0n) is 8.20. The number of rotatable bonds is 0. The molecule has 1 N–H and O–H groups in total. The van der Waals surface area contributed by atoms with Gasteiger partial charge in [-0.05, 0) is 18.4 Å². The van der Waals surface area contributed by atoms with E-state index < -0.39 is 0 Å². The van der Waals surface area contributed by atoms with E-state index >= 15 is 0 Å². The molecule has 1 aromatic carbocycles. The van der Waals surface area contributed by atoms with Crippen molar-refractivity contribution in [3.05, 3.63) is 23.3 Å². The number of ether oxygens (including phenoxy) is 1. The first-order valence-electron chi connectivity index (χ1n) is 4.62. The zero-order chi connectivity index (χ0) is 10.3. The normalized spacial score (nSPS) is 20.1. The van der Waals surface area contributed by atoms with Crippen molar-refractivity contribution in [3.8, 4) is 11.5 Å². The van der Waals surface area contributed by atoms with Gasteiger partial charge in [-0.3, -0.25) is 4.79 Å². The Balaban J connectivity index is 2.59. The third-order valence-electron chi connectivity index (χ3n) is 2.58. The minimum absolute atomic E-state index is 0.0856. The molecule has 0 aliphatic carbocycles. The highest BCUT2D eigenvalue weighted by atomic mass is 16.5. The third kappa shape index (κ3) is 1.25. The smallest absolute Gasteiger partial charge is 0.311 e. The Morgan fingerprint density at radius 3 is 2.93 bits per heavy atom. The molecule has 2 rings (SSSR count).